The first-order chi connectivity index (χ1) is 10.3. The molecule has 4 heteroatoms. The summed E-state index contributed by atoms with van der Waals surface area (Å²) in [5.74, 6) is 0. The number of hydrogen-bond acceptors (Lipinski definition) is 2. The van der Waals surface area contributed by atoms with Crippen LogP contribution < -0.4 is 10.6 Å². The van der Waals surface area contributed by atoms with Crippen LogP contribution >= 0.6 is 0 Å². The first kappa shape index (κ1) is 14.4. The highest BCUT2D eigenvalue weighted by Crippen LogP contribution is 2.33. The normalized spacial score (nSPS) is 19.2. The van der Waals surface area contributed by atoms with Crippen LogP contribution in [-0.2, 0) is 6.54 Å². The molecule has 2 fully saturated rings. The van der Waals surface area contributed by atoms with Crippen LogP contribution in [0.1, 0.15) is 44.1 Å². The molecule has 0 unspecified atom stereocenters. The number of urea groups is 1. The quantitative estimate of drug-likeness (QED) is 0.928. The Hall–Kier alpha value is -1.55. The van der Waals surface area contributed by atoms with E-state index in [4.69, 9.17) is 5.73 Å². The highest BCUT2D eigenvalue weighted by Gasteiger charge is 2.36. The van der Waals surface area contributed by atoms with Gasteiger partial charge in [0.1, 0.15) is 0 Å². The van der Waals surface area contributed by atoms with Crippen molar-refractivity contribution < 1.29 is 4.79 Å². The van der Waals surface area contributed by atoms with E-state index in [1.54, 1.807) is 0 Å². The van der Waals surface area contributed by atoms with Crippen molar-refractivity contribution in [1.82, 2.24) is 4.90 Å². The Balaban J connectivity index is 1.78. The number of likely N-dealkylation sites (tertiary alicyclic amines) is 1. The van der Waals surface area contributed by atoms with Gasteiger partial charge in [-0.2, -0.15) is 0 Å². The maximum atomic E-state index is 12.9. The second-order valence-electron chi connectivity index (χ2n) is 6.16. The van der Waals surface area contributed by atoms with Crippen molar-refractivity contribution in [3.8, 4) is 0 Å². The molecular formula is C17H25N3O. The zero-order chi connectivity index (χ0) is 14.7. The molecule has 114 valence electrons. The Kier molecular flexibility index (Phi) is 4.44. The molecule has 2 aliphatic rings. The monoisotopic (exact) mass is 287 g/mol. The molecule has 21 heavy (non-hydrogen) atoms. The fourth-order valence-electron chi connectivity index (χ4n) is 3.02. The van der Waals surface area contributed by atoms with Gasteiger partial charge >= 0.3 is 6.03 Å². The second kappa shape index (κ2) is 6.48. The molecule has 3 rings (SSSR count). The lowest BCUT2D eigenvalue weighted by molar-refractivity contribution is 0.206. The van der Waals surface area contributed by atoms with Gasteiger partial charge in [0, 0.05) is 31.4 Å². The first-order valence-electron chi connectivity index (χ1n) is 8.17. The molecular weight excluding hydrogens is 262 g/mol. The smallest absolute Gasteiger partial charge is 0.324 e. The van der Waals surface area contributed by atoms with Crippen molar-refractivity contribution >= 4 is 11.7 Å². The van der Waals surface area contributed by atoms with Gasteiger partial charge in [-0.3, -0.25) is 4.90 Å². The zero-order valence-electron chi connectivity index (χ0n) is 12.6. The van der Waals surface area contributed by atoms with E-state index in [1.807, 2.05) is 34.1 Å². The third kappa shape index (κ3) is 3.38. The van der Waals surface area contributed by atoms with Crippen molar-refractivity contribution in [2.24, 2.45) is 5.73 Å². The summed E-state index contributed by atoms with van der Waals surface area (Å²) in [5, 5.41) is 0. The molecule has 0 aromatic heterocycles. The van der Waals surface area contributed by atoms with E-state index in [2.05, 4.69) is 0 Å². The minimum absolute atomic E-state index is 0.194. The lowest BCUT2D eigenvalue weighted by atomic mass is 10.2. The number of nitrogens with two attached hydrogens (primary N) is 1. The Bertz CT molecular complexity index is 473. The van der Waals surface area contributed by atoms with Gasteiger partial charge in [-0.25, -0.2) is 4.79 Å². The van der Waals surface area contributed by atoms with Crippen LogP contribution in [0.5, 0.6) is 0 Å². The van der Waals surface area contributed by atoms with Crippen LogP contribution in [0.2, 0.25) is 0 Å². The average molecular weight is 287 g/mol. The summed E-state index contributed by atoms with van der Waals surface area (Å²) >= 11 is 0. The summed E-state index contributed by atoms with van der Waals surface area (Å²) < 4.78 is 0. The third-order valence-electron chi connectivity index (χ3n) is 4.44. The summed E-state index contributed by atoms with van der Waals surface area (Å²) in [6, 6.07) is 8.72. The van der Waals surface area contributed by atoms with E-state index < -0.39 is 0 Å². The van der Waals surface area contributed by atoms with Crippen molar-refractivity contribution in [3.05, 3.63) is 29.8 Å². The molecule has 1 saturated heterocycles. The fraction of sp³-hybridized carbons (Fsp3) is 0.588. The van der Waals surface area contributed by atoms with E-state index in [1.165, 1.54) is 12.8 Å². The highest BCUT2D eigenvalue weighted by atomic mass is 16.2. The van der Waals surface area contributed by atoms with E-state index in [0.29, 0.717) is 12.6 Å². The van der Waals surface area contributed by atoms with Crippen molar-refractivity contribution in [1.29, 1.82) is 0 Å². The van der Waals surface area contributed by atoms with Gasteiger partial charge in [0.25, 0.3) is 0 Å². The minimum Gasteiger partial charge on any atom is -0.326 e. The minimum atomic E-state index is 0.194. The Morgan fingerprint density at radius 2 is 1.71 bits per heavy atom. The summed E-state index contributed by atoms with van der Waals surface area (Å²) in [6.45, 7) is 2.36. The zero-order valence-corrected chi connectivity index (χ0v) is 12.6. The number of anilines is 1. The SMILES string of the molecule is NCc1ccc(N(C(=O)N2CCCCCC2)C2CC2)cc1. The standard InChI is InChI=1S/C17H25N3O/c18-13-14-5-7-15(8-6-14)20(16-9-10-16)17(21)19-11-3-1-2-4-12-19/h5-8,16H,1-4,9-13,18H2. The summed E-state index contributed by atoms with van der Waals surface area (Å²) in [4.78, 5) is 17.0. The van der Waals surface area contributed by atoms with E-state index in [-0.39, 0.29) is 6.03 Å². The Morgan fingerprint density at radius 1 is 1.10 bits per heavy atom. The Morgan fingerprint density at radius 3 is 2.24 bits per heavy atom. The van der Waals surface area contributed by atoms with Crippen LogP contribution in [0, 0.1) is 0 Å². The molecule has 1 heterocycles. The van der Waals surface area contributed by atoms with Crippen molar-refractivity contribution in [2.75, 3.05) is 18.0 Å². The van der Waals surface area contributed by atoms with Crippen LogP contribution in [0.3, 0.4) is 0 Å². The summed E-state index contributed by atoms with van der Waals surface area (Å²) in [7, 11) is 0. The van der Waals surface area contributed by atoms with Gasteiger partial charge in [-0.1, -0.05) is 25.0 Å². The van der Waals surface area contributed by atoms with Gasteiger partial charge in [-0.05, 0) is 43.4 Å². The average Bonchev–Trinajstić information content (AvgIpc) is 3.35. The fourth-order valence-corrected chi connectivity index (χ4v) is 3.02. The molecule has 1 aromatic carbocycles. The summed E-state index contributed by atoms with van der Waals surface area (Å²) in [6.07, 6.45) is 7.01. The lowest BCUT2D eigenvalue weighted by Gasteiger charge is -2.30. The number of nitrogens with zero attached hydrogens (tertiary/aromatic N) is 2. The number of benzene rings is 1. The molecule has 0 atom stereocenters. The van der Waals surface area contributed by atoms with Gasteiger partial charge in [0.2, 0.25) is 0 Å². The molecule has 2 N–H and O–H groups in total. The van der Waals surface area contributed by atoms with E-state index in [0.717, 1.165) is 50.0 Å². The van der Waals surface area contributed by atoms with Crippen molar-refractivity contribution in [3.63, 3.8) is 0 Å². The van der Waals surface area contributed by atoms with Gasteiger partial charge < -0.3 is 10.6 Å². The third-order valence-corrected chi connectivity index (χ3v) is 4.44. The number of hydrogen-bond donors (Lipinski definition) is 1. The van der Waals surface area contributed by atoms with Crippen LogP contribution in [0.25, 0.3) is 0 Å². The maximum absolute atomic E-state index is 12.9. The maximum Gasteiger partial charge on any atom is 0.324 e. The predicted molar refractivity (Wildman–Crippen MR) is 85.3 cm³/mol. The second-order valence-corrected chi connectivity index (χ2v) is 6.16. The molecule has 1 aromatic rings. The molecule has 1 aliphatic carbocycles. The number of carbonyl (C=O) groups is 1. The Labute approximate surface area is 126 Å². The summed E-state index contributed by atoms with van der Waals surface area (Å²) in [5.41, 5.74) is 7.78. The van der Waals surface area contributed by atoms with Gasteiger partial charge in [0.05, 0.1) is 0 Å². The van der Waals surface area contributed by atoms with Crippen LogP contribution in [-0.4, -0.2) is 30.1 Å². The molecule has 1 aliphatic heterocycles. The molecule has 0 radical (unpaired) electrons. The van der Waals surface area contributed by atoms with E-state index in [9.17, 15) is 4.79 Å². The number of amides is 2. The molecule has 2 amide bonds. The predicted octanol–water partition coefficient (Wildman–Crippen LogP) is 3.11. The molecule has 1 saturated carbocycles. The van der Waals surface area contributed by atoms with Gasteiger partial charge in [-0.15, -0.1) is 0 Å². The molecule has 4 nitrogen and oxygen atoms in total. The topological polar surface area (TPSA) is 49.6 Å². The van der Waals surface area contributed by atoms with Crippen molar-refractivity contribution in [2.45, 2.75) is 51.1 Å². The number of carbonyl (C=O) groups excluding carboxylic acids is 1. The molecule has 0 bridgehead atoms. The van der Waals surface area contributed by atoms with Crippen LogP contribution in [0.4, 0.5) is 10.5 Å². The van der Waals surface area contributed by atoms with E-state index >= 15 is 0 Å². The van der Waals surface area contributed by atoms with Crippen LogP contribution in [0.15, 0.2) is 24.3 Å². The van der Waals surface area contributed by atoms with Gasteiger partial charge in [0.15, 0.2) is 0 Å². The highest BCUT2D eigenvalue weighted by molar-refractivity contribution is 5.93. The first-order valence-corrected chi connectivity index (χ1v) is 8.17. The largest absolute Gasteiger partial charge is 0.326 e. The number of rotatable bonds is 3. The molecule has 0 spiro atoms. The lowest BCUT2D eigenvalue weighted by Crippen LogP contribution is -2.45.